The van der Waals surface area contributed by atoms with Crippen molar-refractivity contribution in [2.24, 2.45) is 0 Å². The predicted molar refractivity (Wildman–Crippen MR) is 158 cm³/mol. The number of phenols is 1. The molecule has 0 amide bonds. The van der Waals surface area contributed by atoms with E-state index in [1.807, 2.05) is 6.92 Å². The zero-order valence-electron chi connectivity index (χ0n) is 23.9. The van der Waals surface area contributed by atoms with E-state index in [0.29, 0.717) is 64.3 Å². The Balaban J connectivity index is 1.28. The molecule has 0 saturated carbocycles. The van der Waals surface area contributed by atoms with Crippen molar-refractivity contribution in [3.05, 3.63) is 47.5 Å². The first-order chi connectivity index (χ1) is 20.4. The average Bonchev–Trinajstić information content (AvgIpc) is 3.74. The molecule has 4 fully saturated rings. The number of aromatic hydroxyl groups is 1. The molecule has 2 aromatic carbocycles. The quantitative estimate of drug-likeness (QED) is 0.287. The number of hydrogen-bond donors (Lipinski definition) is 2. The molecule has 2 aromatic heterocycles. The van der Waals surface area contributed by atoms with E-state index in [9.17, 15) is 9.50 Å². The third-order valence-electron chi connectivity index (χ3n) is 10.1. The number of benzene rings is 2. The number of anilines is 1. The molecule has 4 aliphatic rings. The number of fused-ring (bicyclic) bond motifs is 5. The van der Waals surface area contributed by atoms with Crippen LogP contribution < -0.4 is 15.0 Å². The highest BCUT2D eigenvalue weighted by molar-refractivity contribution is 6.02. The van der Waals surface area contributed by atoms with Gasteiger partial charge >= 0.3 is 0 Å². The summed E-state index contributed by atoms with van der Waals surface area (Å²) in [4.78, 5) is 9.68. The summed E-state index contributed by atoms with van der Waals surface area (Å²) >= 11 is 0. The van der Waals surface area contributed by atoms with Crippen LogP contribution in [0.4, 0.5) is 14.6 Å². The van der Waals surface area contributed by atoms with Crippen LogP contribution in [0.1, 0.15) is 51.0 Å². The van der Waals surface area contributed by atoms with E-state index >= 15 is 4.39 Å². The molecular weight excluding hydrogens is 538 g/mol. The van der Waals surface area contributed by atoms with E-state index in [-0.39, 0.29) is 28.3 Å². The lowest BCUT2D eigenvalue weighted by molar-refractivity contribution is 0.111. The molecule has 2 bridgehead atoms. The second-order valence-electron chi connectivity index (χ2n) is 12.6. The smallest absolute Gasteiger partial charge is 0.216 e. The fourth-order valence-electron chi connectivity index (χ4n) is 8.15. The summed E-state index contributed by atoms with van der Waals surface area (Å²) in [5.41, 5.74) is 1.17. The topological polar surface area (TPSA) is 74.0 Å². The van der Waals surface area contributed by atoms with Crippen LogP contribution in [0.15, 0.2) is 34.7 Å². The van der Waals surface area contributed by atoms with Crippen molar-refractivity contribution < 1.29 is 23.0 Å². The molecule has 2 unspecified atom stereocenters. The molecule has 0 aliphatic carbocycles. The summed E-state index contributed by atoms with van der Waals surface area (Å²) in [7, 11) is 0. The number of rotatable bonds is 6. The molecular formula is C33H36F2N4O3. The highest BCUT2D eigenvalue weighted by atomic mass is 19.1. The van der Waals surface area contributed by atoms with Gasteiger partial charge in [-0.2, -0.15) is 4.98 Å². The zero-order valence-corrected chi connectivity index (χ0v) is 23.9. The van der Waals surface area contributed by atoms with Gasteiger partial charge in [-0.3, -0.25) is 4.90 Å². The Morgan fingerprint density at radius 1 is 1.10 bits per heavy atom. The number of pyridine rings is 1. The van der Waals surface area contributed by atoms with Gasteiger partial charge in [0.15, 0.2) is 23.0 Å². The van der Waals surface area contributed by atoms with Crippen molar-refractivity contribution >= 4 is 27.6 Å². The minimum atomic E-state index is -0.559. The van der Waals surface area contributed by atoms with Crippen molar-refractivity contribution in [2.45, 2.75) is 69.5 Å². The molecule has 4 saturated heterocycles. The minimum Gasteiger partial charge on any atom is -0.508 e. The average molecular weight is 575 g/mol. The molecule has 42 heavy (non-hydrogen) atoms. The van der Waals surface area contributed by atoms with Crippen LogP contribution in [0.25, 0.3) is 33.1 Å². The van der Waals surface area contributed by atoms with E-state index in [2.05, 4.69) is 15.1 Å². The minimum absolute atomic E-state index is 0.0270. The molecule has 8 rings (SSSR count). The number of phenolic OH excluding ortho intramolecular Hbond substituents is 1. The maximum atomic E-state index is 16.6. The fourth-order valence-corrected chi connectivity index (χ4v) is 8.15. The number of furan rings is 1. The Kier molecular flexibility index (Phi) is 6.12. The molecule has 6 heterocycles. The molecule has 4 aromatic rings. The molecule has 2 atom stereocenters. The highest BCUT2D eigenvalue weighted by Crippen LogP contribution is 2.44. The third-order valence-corrected chi connectivity index (χ3v) is 10.1. The standard InChI is InChI=1S/C33H36F2N4O3/c1-2-23-26(34)8-5-19-13-22(40)14-24(28(19)23)30-29(35)25-15-27(41-18-33-9-3-11-39(33)12-4-10-33)37-32(31(25)42-30)38-16-20-6-7-21(17-38)36-20/h5,8,13-15,20-21,36,40H,2-4,6-7,9-12,16-18H2,1H3. The van der Waals surface area contributed by atoms with Crippen LogP contribution in [-0.2, 0) is 6.42 Å². The van der Waals surface area contributed by atoms with Crippen LogP contribution in [-0.4, -0.2) is 65.4 Å². The first-order valence-electron chi connectivity index (χ1n) is 15.4. The van der Waals surface area contributed by atoms with Crippen molar-refractivity contribution in [2.75, 3.05) is 37.7 Å². The Morgan fingerprint density at radius 2 is 1.86 bits per heavy atom. The van der Waals surface area contributed by atoms with Crippen molar-refractivity contribution in [1.29, 1.82) is 0 Å². The summed E-state index contributed by atoms with van der Waals surface area (Å²) in [6, 6.07) is 8.37. The van der Waals surface area contributed by atoms with Gasteiger partial charge in [0.05, 0.1) is 10.9 Å². The second-order valence-corrected chi connectivity index (χ2v) is 12.6. The van der Waals surface area contributed by atoms with Crippen LogP contribution >= 0.6 is 0 Å². The number of nitrogens with zero attached hydrogens (tertiary/aromatic N) is 3. The largest absolute Gasteiger partial charge is 0.508 e. The molecule has 7 nitrogen and oxygen atoms in total. The number of ether oxygens (including phenoxy) is 1. The van der Waals surface area contributed by atoms with Crippen molar-refractivity contribution in [1.82, 2.24) is 15.2 Å². The molecule has 220 valence electrons. The lowest BCUT2D eigenvalue weighted by atomic mass is 9.95. The highest BCUT2D eigenvalue weighted by Gasteiger charge is 2.45. The molecule has 0 spiro atoms. The Labute approximate surface area is 243 Å². The van der Waals surface area contributed by atoms with E-state index in [0.717, 1.165) is 51.9 Å². The first-order valence-corrected chi connectivity index (χ1v) is 15.4. The van der Waals surface area contributed by atoms with Crippen molar-refractivity contribution in [3.8, 4) is 23.0 Å². The van der Waals surface area contributed by atoms with E-state index < -0.39 is 5.82 Å². The lowest BCUT2D eigenvalue weighted by Crippen LogP contribution is -2.51. The van der Waals surface area contributed by atoms with E-state index in [1.165, 1.54) is 25.0 Å². The Morgan fingerprint density at radius 3 is 2.60 bits per heavy atom. The molecule has 4 aliphatic heterocycles. The van der Waals surface area contributed by atoms with Crippen LogP contribution in [0, 0.1) is 11.6 Å². The zero-order chi connectivity index (χ0) is 28.6. The van der Waals surface area contributed by atoms with Crippen LogP contribution in [0.2, 0.25) is 0 Å². The fraction of sp³-hybridized carbons (Fsp3) is 0.485. The molecule has 2 N–H and O–H groups in total. The number of aromatic nitrogens is 1. The Hall–Kier alpha value is -3.43. The first kappa shape index (κ1) is 26.2. The van der Waals surface area contributed by atoms with Gasteiger partial charge in [-0.15, -0.1) is 0 Å². The van der Waals surface area contributed by atoms with E-state index in [1.54, 1.807) is 18.2 Å². The van der Waals surface area contributed by atoms with Gasteiger partial charge in [-0.05, 0) is 92.6 Å². The maximum absolute atomic E-state index is 16.6. The van der Waals surface area contributed by atoms with Gasteiger partial charge in [0.25, 0.3) is 0 Å². The molecule has 9 heteroatoms. The van der Waals surface area contributed by atoms with Gasteiger partial charge in [0.1, 0.15) is 18.2 Å². The third kappa shape index (κ3) is 4.07. The summed E-state index contributed by atoms with van der Waals surface area (Å²) < 4.78 is 44.3. The number of hydrogen-bond acceptors (Lipinski definition) is 7. The SMILES string of the molecule is CCc1c(F)ccc2cc(O)cc(-c3oc4c(N5CC6CCC(C5)N6)nc(OCC56CCCN5CCC6)cc4c3F)c12. The monoisotopic (exact) mass is 574 g/mol. The van der Waals surface area contributed by atoms with Gasteiger partial charge in [-0.1, -0.05) is 13.0 Å². The van der Waals surface area contributed by atoms with Gasteiger partial charge in [0, 0.05) is 36.8 Å². The maximum Gasteiger partial charge on any atom is 0.216 e. The summed E-state index contributed by atoms with van der Waals surface area (Å²) in [6.07, 6.45) is 7.15. The van der Waals surface area contributed by atoms with Crippen LogP contribution in [0.3, 0.4) is 0 Å². The number of aryl methyl sites for hydroxylation is 1. The Bertz CT molecular complexity index is 1680. The van der Waals surface area contributed by atoms with Gasteiger partial charge in [0.2, 0.25) is 5.88 Å². The van der Waals surface area contributed by atoms with Crippen molar-refractivity contribution in [3.63, 3.8) is 0 Å². The number of piperazine rings is 1. The summed E-state index contributed by atoms with van der Waals surface area (Å²) in [5, 5.41) is 15.7. The van der Waals surface area contributed by atoms with E-state index in [4.69, 9.17) is 14.1 Å². The van der Waals surface area contributed by atoms with Crippen LogP contribution in [0.5, 0.6) is 11.6 Å². The van der Waals surface area contributed by atoms with Gasteiger partial charge in [-0.25, -0.2) is 8.78 Å². The predicted octanol–water partition coefficient (Wildman–Crippen LogP) is 6.14. The van der Waals surface area contributed by atoms with Gasteiger partial charge < -0.3 is 24.5 Å². The molecule has 0 radical (unpaired) electrons. The normalized spacial score (nSPS) is 23.4. The number of nitrogens with one attached hydrogen (secondary N) is 1. The summed E-state index contributed by atoms with van der Waals surface area (Å²) in [6.45, 7) is 6.09. The number of halogens is 2. The second kappa shape index (κ2) is 9.81. The lowest BCUT2D eigenvalue weighted by Gasteiger charge is -2.34. The summed E-state index contributed by atoms with van der Waals surface area (Å²) in [5.74, 6) is -0.0235.